The fourth-order valence-electron chi connectivity index (χ4n) is 2.87. The lowest BCUT2D eigenvalue weighted by Crippen LogP contribution is -2.43. The van der Waals surface area contributed by atoms with Gasteiger partial charge in [0.15, 0.2) is 5.75 Å². The fourth-order valence-corrected chi connectivity index (χ4v) is 2.87. The summed E-state index contributed by atoms with van der Waals surface area (Å²) >= 11 is 0. The van der Waals surface area contributed by atoms with Crippen molar-refractivity contribution < 1.29 is 24.4 Å². The number of nitrogens with zero attached hydrogens (tertiary/aromatic N) is 2. The number of benzene rings is 2. The van der Waals surface area contributed by atoms with Crippen molar-refractivity contribution in [1.29, 1.82) is 0 Å². The van der Waals surface area contributed by atoms with Crippen LogP contribution in [0.25, 0.3) is 10.9 Å². The van der Waals surface area contributed by atoms with Crippen LogP contribution in [0.1, 0.15) is 15.9 Å². The van der Waals surface area contributed by atoms with Crippen molar-refractivity contribution in [2.24, 2.45) is 0 Å². The first-order chi connectivity index (χ1) is 13.9. The van der Waals surface area contributed by atoms with Crippen LogP contribution in [0.5, 0.6) is 5.75 Å². The smallest absolute Gasteiger partial charge is 0.328 e. The molecule has 0 aliphatic rings. The van der Waals surface area contributed by atoms with Crippen LogP contribution in [-0.2, 0) is 16.0 Å². The second kappa shape index (κ2) is 8.34. The summed E-state index contributed by atoms with van der Waals surface area (Å²) in [6.07, 6.45) is 1.55. The highest BCUT2D eigenvalue weighted by Gasteiger charge is 2.25. The molecular weight excluding hydrogens is 378 g/mol. The van der Waals surface area contributed by atoms with Gasteiger partial charge < -0.3 is 15.2 Å². The number of ether oxygens (including phenoxy) is 1. The molecule has 9 heteroatoms. The summed E-state index contributed by atoms with van der Waals surface area (Å²) in [4.78, 5) is 39.1. The lowest BCUT2D eigenvalue weighted by atomic mass is 10.0. The number of hydrogen-bond donors (Lipinski definition) is 2. The molecule has 0 bridgehead atoms. The zero-order valence-corrected chi connectivity index (χ0v) is 15.4. The van der Waals surface area contributed by atoms with E-state index in [1.165, 1.54) is 43.6 Å². The number of nitro benzene ring substituents is 1. The molecule has 9 nitrogen and oxygen atoms in total. The summed E-state index contributed by atoms with van der Waals surface area (Å²) in [5.41, 5.74) is 0.746. The number of phenols is 1. The van der Waals surface area contributed by atoms with Crippen LogP contribution in [0, 0.1) is 10.1 Å². The van der Waals surface area contributed by atoms with Crippen LogP contribution in [-0.4, -0.2) is 40.0 Å². The highest BCUT2D eigenvalue weighted by Crippen LogP contribution is 2.26. The van der Waals surface area contributed by atoms with Crippen LogP contribution in [0.3, 0.4) is 0 Å². The molecule has 0 fully saturated rings. The van der Waals surface area contributed by atoms with E-state index in [0.29, 0.717) is 10.9 Å². The van der Waals surface area contributed by atoms with Crippen molar-refractivity contribution in [3.8, 4) is 5.75 Å². The molecule has 2 aromatic carbocycles. The molecule has 1 atom stereocenters. The van der Waals surface area contributed by atoms with Gasteiger partial charge >= 0.3 is 5.97 Å². The molecule has 0 saturated heterocycles. The number of amides is 1. The summed E-state index contributed by atoms with van der Waals surface area (Å²) in [6.45, 7) is 0. The number of nitrogens with one attached hydrogen (secondary N) is 1. The van der Waals surface area contributed by atoms with Gasteiger partial charge in [0.05, 0.1) is 17.6 Å². The molecule has 1 heterocycles. The Bertz CT molecular complexity index is 1080. The maximum Gasteiger partial charge on any atom is 0.328 e. The van der Waals surface area contributed by atoms with Crippen LogP contribution in [0.15, 0.2) is 54.7 Å². The van der Waals surface area contributed by atoms with Gasteiger partial charge in [0.25, 0.3) is 11.6 Å². The van der Waals surface area contributed by atoms with E-state index in [4.69, 9.17) is 4.74 Å². The summed E-state index contributed by atoms with van der Waals surface area (Å²) in [5.74, 6) is -1.65. The van der Waals surface area contributed by atoms with Gasteiger partial charge in [-0.25, -0.2) is 4.79 Å². The Morgan fingerprint density at radius 2 is 1.93 bits per heavy atom. The highest BCUT2D eigenvalue weighted by atomic mass is 16.6. The molecule has 29 heavy (non-hydrogen) atoms. The van der Waals surface area contributed by atoms with E-state index in [-0.39, 0.29) is 28.9 Å². The first-order valence-corrected chi connectivity index (χ1v) is 8.59. The van der Waals surface area contributed by atoms with Gasteiger partial charge in [-0.15, -0.1) is 0 Å². The van der Waals surface area contributed by atoms with Gasteiger partial charge in [-0.2, -0.15) is 0 Å². The number of pyridine rings is 1. The molecule has 0 aliphatic carbocycles. The molecule has 1 aromatic heterocycles. The monoisotopic (exact) mass is 395 g/mol. The van der Waals surface area contributed by atoms with E-state index in [9.17, 15) is 24.8 Å². The van der Waals surface area contributed by atoms with Gasteiger partial charge in [-0.3, -0.25) is 19.9 Å². The number of rotatable bonds is 6. The van der Waals surface area contributed by atoms with Crippen LogP contribution >= 0.6 is 0 Å². The Morgan fingerprint density at radius 1 is 1.21 bits per heavy atom. The molecule has 0 saturated carbocycles. The topological polar surface area (TPSA) is 132 Å². The number of methoxy groups -OCH3 is 1. The molecular formula is C20H17N3O6. The van der Waals surface area contributed by atoms with E-state index < -0.39 is 22.8 Å². The summed E-state index contributed by atoms with van der Waals surface area (Å²) in [5, 5.41) is 24.4. The summed E-state index contributed by atoms with van der Waals surface area (Å²) in [7, 11) is 1.19. The predicted molar refractivity (Wildman–Crippen MR) is 103 cm³/mol. The number of phenolic OH excluding ortho intramolecular Hbond substituents is 1. The number of esters is 1. The molecule has 3 aromatic rings. The van der Waals surface area contributed by atoms with Gasteiger partial charge in [0.1, 0.15) is 11.6 Å². The maximum absolute atomic E-state index is 12.7. The fraction of sp³-hybridized carbons (Fsp3) is 0.150. The Hall–Kier alpha value is -4.01. The van der Waals surface area contributed by atoms with Gasteiger partial charge in [-0.05, 0) is 17.7 Å². The first kappa shape index (κ1) is 19.7. The third kappa shape index (κ3) is 4.29. The largest absolute Gasteiger partial charge is 0.505 e. The van der Waals surface area contributed by atoms with Gasteiger partial charge in [0, 0.05) is 30.1 Å². The Labute approximate surface area is 165 Å². The average molecular weight is 395 g/mol. The third-order valence-corrected chi connectivity index (χ3v) is 4.37. The van der Waals surface area contributed by atoms with Crippen molar-refractivity contribution in [3.05, 3.63) is 76.0 Å². The molecule has 1 unspecified atom stereocenters. The number of hydrogen-bond acceptors (Lipinski definition) is 7. The van der Waals surface area contributed by atoms with Crippen molar-refractivity contribution in [3.63, 3.8) is 0 Å². The van der Waals surface area contributed by atoms with E-state index in [0.717, 1.165) is 0 Å². The second-order valence-corrected chi connectivity index (χ2v) is 6.21. The Morgan fingerprint density at radius 3 is 2.59 bits per heavy atom. The lowest BCUT2D eigenvalue weighted by molar-refractivity contribution is -0.384. The molecule has 1 amide bonds. The standard InChI is InChI=1S/C20H17N3O6/c1-29-20(26)16(11-12-4-7-14(8-5-12)23(27)28)22-19(25)15-9-6-13-3-2-10-21-17(13)18(15)24/h2-10,16,24H,11H2,1H3,(H,22,25). The highest BCUT2D eigenvalue weighted by molar-refractivity contribution is 6.03. The maximum atomic E-state index is 12.7. The number of nitro groups is 1. The zero-order chi connectivity index (χ0) is 21.0. The molecule has 148 valence electrons. The normalized spacial score (nSPS) is 11.6. The predicted octanol–water partition coefficient (Wildman–Crippen LogP) is 2.36. The molecule has 0 aliphatic heterocycles. The SMILES string of the molecule is COC(=O)C(Cc1ccc([N+](=O)[O-])cc1)NC(=O)c1ccc2cccnc2c1O. The summed E-state index contributed by atoms with van der Waals surface area (Å²) in [6, 6.07) is 11.1. The molecule has 3 rings (SSSR count). The minimum Gasteiger partial charge on any atom is -0.505 e. The Balaban J connectivity index is 1.83. The molecule has 0 spiro atoms. The lowest BCUT2D eigenvalue weighted by Gasteiger charge is -2.17. The van der Waals surface area contributed by atoms with Crippen molar-refractivity contribution in [2.75, 3.05) is 7.11 Å². The zero-order valence-electron chi connectivity index (χ0n) is 15.4. The second-order valence-electron chi connectivity index (χ2n) is 6.21. The van der Waals surface area contributed by atoms with Crippen molar-refractivity contribution in [1.82, 2.24) is 10.3 Å². The minimum atomic E-state index is -1.05. The number of aromatic nitrogens is 1. The summed E-state index contributed by atoms with van der Waals surface area (Å²) < 4.78 is 4.75. The van der Waals surface area contributed by atoms with Crippen LogP contribution in [0.4, 0.5) is 5.69 Å². The number of non-ortho nitro benzene ring substituents is 1. The number of aromatic hydroxyl groups is 1. The van der Waals surface area contributed by atoms with Gasteiger partial charge in [0.2, 0.25) is 0 Å². The first-order valence-electron chi connectivity index (χ1n) is 8.59. The number of carbonyl (C=O) groups is 2. The van der Waals surface area contributed by atoms with Crippen molar-refractivity contribution >= 4 is 28.5 Å². The average Bonchev–Trinajstić information content (AvgIpc) is 2.73. The third-order valence-electron chi connectivity index (χ3n) is 4.37. The van der Waals surface area contributed by atoms with E-state index in [1.807, 2.05) is 0 Å². The van der Waals surface area contributed by atoms with E-state index >= 15 is 0 Å². The Kier molecular flexibility index (Phi) is 5.68. The molecule has 0 radical (unpaired) electrons. The van der Waals surface area contributed by atoms with Crippen molar-refractivity contribution in [2.45, 2.75) is 12.5 Å². The minimum absolute atomic E-state index is 0.0335. The number of fused-ring (bicyclic) bond motifs is 1. The van der Waals surface area contributed by atoms with Crippen LogP contribution in [0.2, 0.25) is 0 Å². The molecule has 2 N–H and O–H groups in total. The van der Waals surface area contributed by atoms with E-state index in [2.05, 4.69) is 10.3 Å². The van der Waals surface area contributed by atoms with Gasteiger partial charge in [-0.1, -0.05) is 24.3 Å². The van der Waals surface area contributed by atoms with E-state index in [1.54, 1.807) is 18.2 Å². The quantitative estimate of drug-likeness (QED) is 0.372. The van der Waals surface area contributed by atoms with Crippen LogP contribution < -0.4 is 5.32 Å². The number of carbonyl (C=O) groups excluding carboxylic acids is 2.